The van der Waals surface area contributed by atoms with Crippen LogP contribution in [0.25, 0.3) is 0 Å². The zero-order valence-corrected chi connectivity index (χ0v) is 14.1. The molecule has 2 rings (SSSR count). The largest absolute Gasteiger partial charge is 0.462 e. The summed E-state index contributed by atoms with van der Waals surface area (Å²) in [5, 5.41) is 4.21. The monoisotopic (exact) mass is 359 g/mol. The van der Waals surface area contributed by atoms with Crippen LogP contribution in [0.5, 0.6) is 0 Å². The van der Waals surface area contributed by atoms with Gasteiger partial charge in [-0.15, -0.1) is 0 Å². The van der Waals surface area contributed by atoms with Crippen LogP contribution >= 0.6 is 15.9 Å². The molecule has 0 aliphatic carbocycles. The molecule has 1 aliphatic heterocycles. The highest BCUT2D eigenvalue weighted by Gasteiger charge is 2.36. The Kier molecular flexibility index (Phi) is 4.27. The third-order valence-corrected chi connectivity index (χ3v) is 3.32. The molecule has 0 radical (unpaired) electrons. The van der Waals surface area contributed by atoms with Gasteiger partial charge in [0.1, 0.15) is 15.8 Å². The van der Waals surface area contributed by atoms with E-state index in [1.807, 2.05) is 0 Å². The molecule has 2 heterocycles. The average molecular weight is 360 g/mol. The number of anilines is 1. The summed E-state index contributed by atoms with van der Waals surface area (Å²) in [6.07, 6.45) is -0.501. The van der Waals surface area contributed by atoms with Crippen molar-refractivity contribution in [2.24, 2.45) is 0 Å². The first-order valence-electron chi connectivity index (χ1n) is 6.68. The molecule has 0 unspecified atom stereocenters. The molecule has 0 bridgehead atoms. The Morgan fingerprint density at radius 1 is 1.33 bits per heavy atom. The van der Waals surface area contributed by atoms with Crippen molar-refractivity contribution in [3.8, 4) is 0 Å². The molecular formula is C13H18BrN3O4. The van der Waals surface area contributed by atoms with E-state index in [9.17, 15) is 9.59 Å². The fourth-order valence-corrected chi connectivity index (χ4v) is 2.56. The summed E-state index contributed by atoms with van der Waals surface area (Å²) in [5.41, 5.74) is -0.355. The van der Waals surface area contributed by atoms with Crippen molar-refractivity contribution >= 4 is 33.8 Å². The number of carbonyl (C=O) groups is 2. The molecule has 7 nitrogen and oxygen atoms in total. The first-order chi connectivity index (χ1) is 9.74. The summed E-state index contributed by atoms with van der Waals surface area (Å²) in [7, 11) is 0. The molecule has 0 saturated carbocycles. The normalized spacial score (nSPS) is 14.0. The maximum atomic E-state index is 12.3. The number of aromatic nitrogens is 2. The Bertz CT molecular complexity index is 577. The lowest BCUT2D eigenvalue weighted by Crippen LogP contribution is -2.36. The lowest BCUT2D eigenvalue weighted by molar-refractivity contribution is 0.0526. The number of hydrogen-bond acceptors (Lipinski definition) is 5. The Hall–Kier alpha value is -1.57. The van der Waals surface area contributed by atoms with Gasteiger partial charge in [0.05, 0.1) is 19.7 Å². The second kappa shape index (κ2) is 5.67. The number of fused-ring (bicyclic) bond motifs is 1. The highest BCUT2D eigenvalue weighted by atomic mass is 79.9. The Morgan fingerprint density at radius 2 is 2.00 bits per heavy atom. The Balaban J connectivity index is 2.34. The van der Waals surface area contributed by atoms with Crippen LogP contribution in [0.1, 0.15) is 38.1 Å². The lowest BCUT2D eigenvalue weighted by Gasteiger charge is -2.24. The average Bonchev–Trinajstić information content (AvgIpc) is 2.84. The van der Waals surface area contributed by atoms with Gasteiger partial charge in [0.15, 0.2) is 5.82 Å². The molecule has 116 valence electrons. The first kappa shape index (κ1) is 15.8. The zero-order valence-electron chi connectivity index (χ0n) is 12.5. The van der Waals surface area contributed by atoms with Crippen LogP contribution < -0.4 is 4.90 Å². The van der Waals surface area contributed by atoms with Crippen LogP contribution in [0.2, 0.25) is 0 Å². The Morgan fingerprint density at radius 3 is 2.57 bits per heavy atom. The van der Waals surface area contributed by atoms with Crippen molar-refractivity contribution < 1.29 is 19.1 Å². The summed E-state index contributed by atoms with van der Waals surface area (Å²) in [4.78, 5) is 25.7. The van der Waals surface area contributed by atoms with Crippen LogP contribution in [0.15, 0.2) is 4.60 Å². The summed E-state index contributed by atoms with van der Waals surface area (Å²) in [6, 6.07) is 0. The minimum atomic E-state index is -0.605. The molecule has 1 amide bonds. The van der Waals surface area contributed by atoms with Crippen LogP contribution in [-0.2, 0) is 16.0 Å². The zero-order chi connectivity index (χ0) is 15.8. The Labute approximate surface area is 131 Å². The number of esters is 1. The maximum Gasteiger partial charge on any atom is 0.416 e. The van der Waals surface area contributed by atoms with Gasteiger partial charge >= 0.3 is 12.1 Å². The third-order valence-electron chi connectivity index (χ3n) is 2.77. The van der Waals surface area contributed by atoms with Crippen LogP contribution in [0, 0.1) is 0 Å². The van der Waals surface area contributed by atoms with E-state index in [2.05, 4.69) is 21.0 Å². The van der Waals surface area contributed by atoms with Crippen LogP contribution in [0.4, 0.5) is 10.6 Å². The van der Waals surface area contributed by atoms with Gasteiger partial charge < -0.3 is 9.47 Å². The van der Waals surface area contributed by atoms with Crippen molar-refractivity contribution in [1.82, 2.24) is 9.78 Å². The molecule has 1 aromatic rings. The van der Waals surface area contributed by atoms with Gasteiger partial charge in [-0.1, -0.05) is 0 Å². The van der Waals surface area contributed by atoms with E-state index in [1.165, 1.54) is 4.90 Å². The van der Waals surface area contributed by atoms with Gasteiger partial charge in [0, 0.05) is 0 Å². The van der Waals surface area contributed by atoms with E-state index < -0.39 is 17.7 Å². The van der Waals surface area contributed by atoms with Crippen molar-refractivity contribution in [2.45, 2.75) is 39.8 Å². The minimum absolute atomic E-state index is 0.250. The predicted octanol–water partition coefficient (Wildman–Crippen LogP) is 2.58. The molecule has 0 aromatic carbocycles. The van der Waals surface area contributed by atoms with E-state index >= 15 is 0 Å². The van der Waals surface area contributed by atoms with Gasteiger partial charge in [0.2, 0.25) is 0 Å². The molecule has 0 fully saturated rings. The highest BCUT2D eigenvalue weighted by molar-refractivity contribution is 9.10. The molecular weight excluding hydrogens is 342 g/mol. The van der Waals surface area contributed by atoms with E-state index in [0.29, 0.717) is 23.5 Å². The summed E-state index contributed by atoms with van der Waals surface area (Å²) in [5.74, 6) is -0.101. The second-order valence-electron chi connectivity index (χ2n) is 5.57. The third kappa shape index (κ3) is 3.20. The lowest BCUT2D eigenvalue weighted by atomic mass is 10.2. The maximum absolute atomic E-state index is 12.3. The first-order valence-corrected chi connectivity index (χ1v) is 7.48. The fraction of sp³-hybridized carbons (Fsp3) is 0.615. The van der Waals surface area contributed by atoms with E-state index in [0.717, 1.165) is 0 Å². The molecule has 0 spiro atoms. The molecule has 0 N–H and O–H groups in total. The van der Waals surface area contributed by atoms with E-state index in [4.69, 9.17) is 9.47 Å². The highest BCUT2D eigenvalue weighted by Crippen LogP contribution is 2.33. The van der Waals surface area contributed by atoms with Crippen molar-refractivity contribution in [3.63, 3.8) is 0 Å². The van der Waals surface area contributed by atoms with Crippen molar-refractivity contribution in [1.29, 1.82) is 0 Å². The molecule has 0 atom stereocenters. The van der Waals surface area contributed by atoms with Gasteiger partial charge in [-0.25, -0.2) is 14.3 Å². The number of halogens is 1. The SMILES string of the molecule is CCOC(=O)c1c(Br)nn2c1N(C(=O)OC(C)(C)C)CC2. The molecule has 8 heteroatoms. The fourth-order valence-electron chi connectivity index (χ4n) is 2.03. The predicted molar refractivity (Wildman–Crippen MR) is 79.5 cm³/mol. The quantitative estimate of drug-likeness (QED) is 0.758. The summed E-state index contributed by atoms with van der Waals surface area (Å²) < 4.78 is 12.3. The van der Waals surface area contributed by atoms with Gasteiger partial charge in [-0.05, 0) is 43.6 Å². The molecule has 0 saturated heterocycles. The summed E-state index contributed by atoms with van der Waals surface area (Å²) >= 11 is 3.24. The van der Waals surface area contributed by atoms with Crippen LogP contribution in [-0.4, -0.2) is 40.6 Å². The van der Waals surface area contributed by atoms with E-state index in [1.54, 1.807) is 32.4 Å². The molecule has 1 aromatic heterocycles. The number of hydrogen-bond donors (Lipinski definition) is 0. The van der Waals surface area contributed by atoms with Crippen molar-refractivity contribution in [3.05, 3.63) is 10.2 Å². The minimum Gasteiger partial charge on any atom is -0.462 e. The standard InChI is InChI=1S/C13H18BrN3O4/c1-5-20-11(18)8-9(14)15-17-7-6-16(10(8)17)12(19)21-13(2,3)4/h5-7H2,1-4H3. The van der Waals surface area contributed by atoms with E-state index in [-0.39, 0.29) is 12.2 Å². The van der Waals surface area contributed by atoms with Crippen LogP contribution in [0.3, 0.4) is 0 Å². The number of rotatable bonds is 2. The number of ether oxygens (including phenoxy) is 2. The second-order valence-corrected chi connectivity index (χ2v) is 6.32. The van der Waals surface area contributed by atoms with Gasteiger partial charge in [-0.3, -0.25) is 4.90 Å². The smallest absolute Gasteiger partial charge is 0.416 e. The van der Waals surface area contributed by atoms with Crippen molar-refractivity contribution in [2.75, 3.05) is 18.1 Å². The number of amides is 1. The topological polar surface area (TPSA) is 73.7 Å². The number of carbonyl (C=O) groups excluding carboxylic acids is 2. The molecule has 1 aliphatic rings. The molecule has 21 heavy (non-hydrogen) atoms. The van der Waals surface area contributed by atoms with Gasteiger partial charge in [-0.2, -0.15) is 5.10 Å². The number of nitrogens with zero attached hydrogens (tertiary/aromatic N) is 3. The summed E-state index contributed by atoms with van der Waals surface area (Å²) in [6.45, 7) is 8.27. The van der Waals surface area contributed by atoms with Gasteiger partial charge in [0.25, 0.3) is 0 Å².